The predicted octanol–water partition coefficient (Wildman–Crippen LogP) is 2.90. The lowest BCUT2D eigenvalue weighted by Gasteiger charge is -2.40. The highest BCUT2D eigenvalue weighted by Gasteiger charge is 2.34. The molecule has 0 saturated carbocycles. The molecule has 5 heteroatoms. The van der Waals surface area contributed by atoms with E-state index >= 15 is 0 Å². The van der Waals surface area contributed by atoms with Crippen molar-refractivity contribution < 1.29 is 4.74 Å². The van der Waals surface area contributed by atoms with Gasteiger partial charge in [-0.25, -0.2) is 4.98 Å². The highest BCUT2D eigenvalue weighted by molar-refractivity contribution is 6.29. The monoisotopic (exact) mass is 285 g/mol. The van der Waals surface area contributed by atoms with Gasteiger partial charge in [0.05, 0.1) is 18.3 Å². The van der Waals surface area contributed by atoms with Gasteiger partial charge in [-0.3, -0.25) is 0 Å². The van der Waals surface area contributed by atoms with E-state index in [1.165, 1.54) is 0 Å². The van der Waals surface area contributed by atoms with Crippen LogP contribution in [0.25, 0.3) is 0 Å². The molecule has 0 spiro atoms. The molecule has 1 atom stereocenters. The fourth-order valence-corrected chi connectivity index (χ4v) is 2.92. The summed E-state index contributed by atoms with van der Waals surface area (Å²) in [5.41, 5.74) is 0.0647. The van der Waals surface area contributed by atoms with Gasteiger partial charge >= 0.3 is 0 Å². The third kappa shape index (κ3) is 3.30. The second-order valence-electron chi connectivity index (χ2n) is 5.37. The number of aromatic nitrogens is 2. The van der Waals surface area contributed by atoms with E-state index in [0.29, 0.717) is 11.2 Å². The first-order valence-corrected chi connectivity index (χ1v) is 7.51. The van der Waals surface area contributed by atoms with Crippen LogP contribution in [0.4, 0.5) is 0 Å². The minimum atomic E-state index is 0.0647. The van der Waals surface area contributed by atoms with E-state index in [-0.39, 0.29) is 5.60 Å². The molecule has 1 saturated heterocycles. The second-order valence-corrected chi connectivity index (χ2v) is 5.75. The van der Waals surface area contributed by atoms with Crippen molar-refractivity contribution in [3.05, 3.63) is 17.2 Å². The number of halogens is 1. The molecule has 1 aromatic heterocycles. The SMILES string of the molecule is CCC1(CC)CC(NCc2ncc(Cl)n2C)CCO1. The van der Waals surface area contributed by atoms with Crippen molar-refractivity contribution in [1.82, 2.24) is 14.9 Å². The number of nitrogens with zero attached hydrogens (tertiary/aromatic N) is 2. The van der Waals surface area contributed by atoms with Crippen LogP contribution in [0.1, 0.15) is 45.4 Å². The molecule has 0 amide bonds. The fraction of sp³-hybridized carbons (Fsp3) is 0.786. The summed E-state index contributed by atoms with van der Waals surface area (Å²) in [6.45, 7) is 6.03. The lowest BCUT2D eigenvalue weighted by atomic mass is 9.86. The molecule has 1 fully saturated rings. The average molecular weight is 286 g/mol. The first kappa shape index (κ1) is 14.8. The second kappa shape index (κ2) is 6.25. The van der Waals surface area contributed by atoms with Gasteiger partial charge in [0, 0.05) is 19.7 Å². The molecule has 4 nitrogen and oxygen atoms in total. The molecule has 2 rings (SSSR count). The zero-order valence-corrected chi connectivity index (χ0v) is 12.8. The largest absolute Gasteiger partial charge is 0.375 e. The highest BCUT2D eigenvalue weighted by atomic mass is 35.5. The molecular formula is C14H24ClN3O. The summed E-state index contributed by atoms with van der Waals surface area (Å²) in [6, 6.07) is 0.504. The van der Waals surface area contributed by atoms with E-state index in [0.717, 1.165) is 44.7 Å². The molecule has 1 N–H and O–H groups in total. The lowest BCUT2D eigenvalue weighted by Crippen LogP contribution is -2.46. The van der Waals surface area contributed by atoms with Crippen LogP contribution < -0.4 is 5.32 Å². The molecule has 0 aromatic carbocycles. The summed E-state index contributed by atoms with van der Waals surface area (Å²) in [4.78, 5) is 4.31. The number of nitrogens with one attached hydrogen (secondary N) is 1. The van der Waals surface area contributed by atoms with Crippen molar-refractivity contribution in [3.63, 3.8) is 0 Å². The molecule has 1 aliphatic heterocycles. The summed E-state index contributed by atoms with van der Waals surface area (Å²) < 4.78 is 7.91. The number of imidazole rings is 1. The van der Waals surface area contributed by atoms with E-state index in [1.54, 1.807) is 6.20 Å². The van der Waals surface area contributed by atoms with Crippen LogP contribution in [0.2, 0.25) is 5.15 Å². The van der Waals surface area contributed by atoms with Crippen LogP contribution in [-0.4, -0.2) is 27.8 Å². The first-order valence-electron chi connectivity index (χ1n) is 7.13. The Balaban J connectivity index is 1.91. The zero-order chi connectivity index (χ0) is 13.9. The van der Waals surface area contributed by atoms with Gasteiger partial charge in [-0.05, 0) is 25.7 Å². The molecule has 108 valence electrons. The smallest absolute Gasteiger partial charge is 0.128 e. The molecule has 0 radical (unpaired) electrons. The van der Waals surface area contributed by atoms with Crippen LogP contribution >= 0.6 is 11.6 Å². The average Bonchev–Trinajstić information content (AvgIpc) is 2.77. The van der Waals surface area contributed by atoms with E-state index < -0.39 is 0 Å². The highest BCUT2D eigenvalue weighted by Crippen LogP contribution is 2.31. The maximum absolute atomic E-state index is 5.99. The Labute approximate surface area is 120 Å². The maximum atomic E-state index is 5.99. The molecule has 0 aliphatic carbocycles. The summed E-state index contributed by atoms with van der Waals surface area (Å²) in [6.07, 6.45) is 6.01. The number of rotatable bonds is 5. The van der Waals surface area contributed by atoms with E-state index in [1.807, 2.05) is 11.6 Å². The van der Waals surface area contributed by atoms with Gasteiger partial charge in [-0.1, -0.05) is 25.4 Å². The maximum Gasteiger partial charge on any atom is 0.128 e. The van der Waals surface area contributed by atoms with Crippen molar-refractivity contribution in [2.75, 3.05) is 6.61 Å². The summed E-state index contributed by atoms with van der Waals surface area (Å²) in [7, 11) is 1.94. The minimum Gasteiger partial charge on any atom is -0.375 e. The number of hydrogen-bond acceptors (Lipinski definition) is 3. The summed E-state index contributed by atoms with van der Waals surface area (Å²) >= 11 is 5.99. The fourth-order valence-electron chi connectivity index (χ4n) is 2.77. The summed E-state index contributed by atoms with van der Waals surface area (Å²) in [5.74, 6) is 0.982. The quantitative estimate of drug-likeness (QED) is 0.904. The van der Waals surface area contributed by atoms with E-state index in [9.17, 15) is 0 Å². The van der Waals surface area contributed by atoms with Gasteiger partial charge in [0.15, 0.2) is 0 Å². The van der Waals surface area contributed by atoms with E-state index in [2.05, 4.69) is 24.1 Å². The zero-order valence-electron chi connectivity index (χ0n) is 12.1. The predicted molar refractivity (Wildman–Crippen MR) is 77.3 cm³/mol. The van der Waals surface area contributed by atoms with Crippen LogP contribution in [0, 0.1) is 0 Å². The molecule has 0 bridgehead atoms. The molecule has 19 heavy (non-hydrogen) atoms. The lowest BCUT2D eigenvalue weighted by molar-refractivity contribution is -0.0932. The van der Waals surface area contributed by atoms with Crippen LogP contribution in [0.3, 0.4) is 0 Å². The third-order valence-corrected chi connectivity index (χ3v) is 4.71. The topological polar surface area (TPSA) is 39.1 Å². The van der Waals surface area contributed by atoms with Crippen molar-refractivity contribution in [2.45, 2.75) is 57.7 Å². The van der Waals surface area contributed by atoms with Crippen molar-refractivity contribution in [1.29, 1.82) is 0 Å². The molecular weight excluding hydrogens is 262 g/mol. The number of hydrogen-bond donors (Lipinski definition) is 1. The van der Waals surface area contributed by atoms with Crippen molar-refractivity contribution in [2.24, 2.45) is 7.05 Å². The van der Waals surface area contributed by atoms with Gasteiger partial charge in [0.25, 0.3) is 0 Å². The van der Waals surface area contributed by atoms with Crippen LogP contribution in [0.5, 0.6) is 0 Å². The Morgan fingerprint density at radius 2 is 2.26 bits per heavy atom. The van der Waals surface area contributed by atoms with Crippen LogP contribution in [-0.2, 0) is 18.3 Å². The third-order valence-electron chi connectivity index (χ3n) is 4.36. The van der Waals surface area contributed by atoms with Gasteiger partial charge in [0.2, 0.25) is 0 Å². The van der Waals surface area contributed by atoms with Gasteiger partial charge < -0.3 is 14.6 Å². The first-order chi connectivity index (χ1) is 9.10. The standard InChI is InChI=1S/C14H24ClN3O/c1-4-14(5-2)8-11(6-7-19-14)16-10-13-17-9-12(15)18(13)3/h9,11,16H,4-8,10H2,1-3H3. The van der Waals surface area contributed by atoms with E-state index in [4.69, 9.17) is 16.3 Å². The molecule has 2 heterocycles. The Morgan fingerprint density at radius 3 is 2.84 bits per heavy atom. The summed E-state index contributed by atoms with van der Waals surface area (Å²) in [5, 5.41) is 4.27. The Bertz CT molecular complexity index is 415. The van der Waals surface area contributed by atoms with Gasteiger partial charge in [-0.2, -0.15) is 0 Å². The Morgan fingerprint density at radius 1 is 1.53 bits per heavy atom. The van der Waals surface area contributed by atoms with Crippen molar-refractivity contribution >= 4 is 11.6 Å². The van der Waals surface area contributed by atoms with Gasteiger partial charge in [-0.15, -0.1) is 0 Å². The number of ether oxygens (including phenoxy) is 1. The van der Waals surface area contributed by atoms with Gasteiger partial charge in [0.1, 0.15) is 11.0 Å². The van der Waals surface area contributed by atoms with Crippen molar-refractivity contribution in [3.8, 4) is 0 Å². The molecule has 1 aliphatic rings. The molecule has 1 aromatic rings. The van der Waals surface area contributed by atoms with Crippen LogP contribution in [0.15, 0.2) is 6.20 Å². The minimum absolute atomic E-state index is 0.0647. The normalized spacial score (nSPS) is 22.6. The Hall–Kier alpha value is -0.580. The Kier molecular flexibility index (Phi) is 4.87. The molecule has 1 unspecified atom stereocenters.